The van der Waals surface area contributed by atoms with Gasteiger partial charge in [0.15, 0.2) is 0 Å². The largest absolute Gasteiger partial charge is 0.321 e. The van der Waals surface area contributed by atoms with Gasteiger partial charge in [-0.05, 0) is 42.2 Å². The second-order valence-electron chi connectivity index (χ2n) is 6.79. The minimum Gasteiger partial charge on any atom is -0.321 e. The summed E-state index contributed by atoms with van der Waals surface area (Å²) in [5, 5.41) is 8.62. The van der Waals surface area contributed by atoms with Crippen LogP contribution in [0.5, 0.6) is 0 Å². The van der Waals surface area contributed by atoms with E-state index >= 15 is 0 Å². The highest BCUT2D eigenvalue weighted by Gasteiger charge is 2.26. The fourth-order valence-corrected chi connectivity index (χ4v) is 2.99. The van der Waals surface area contributed by atoms with E-state index < -0.39 is 0 Å². The summed E-state index contributed by atoms with van der Waals surface area (Å²) in [4.78, 5) is 25.0. The smallest absolute Gasteiger partial charge is 0.271 e. The van der Waals surface area contributed by atoms with Gasteiger partial charge in [0.25, 0.3) is 5.91 Å². The third kappa shape index (κ3) is 3.82. The van der Waals surface area contributed by atoms with Crippen LogP contribution in [0.1, 0.15) is 43.7 Å². The quantitative estimate of drug-likeness (QED) is 0.897. The molecule has 0 aromatic heterocycles. The van der Waals surface area contributed by atoms with Gasteiger partial charge in [-0.3, -0.25) is 9.59 Å². The summed E-state index contributed by atoms with van der Waals surface area (Å²) in [7, 11) is 0. The Morgan fingerprint density at radius 2 is 1.88 bits per heavy atom. The summed E-state index contributed by atoms with van der Waals surface area (Å²) in [6.45, 7) is 6.13. The van der Waals surface area contributed by atoms with Crippen LogP contribution in [0, 0.1) is 6.92 Å². The van der Waals surface area contributed by atoms with Gasteiger partial charge in [-0.15, -0.1) is 0 Å². The second kappa shape index (κ2) is 7.52. The Morgan fingerprint density at radius 3 is 2.62 bits per heavy atom. The van der Waals surface area contributed by atoms with Gasteiger partial charge in [-0.25, -0.2) is 5.01 Å². The molecule has 5 heteroatoms. The van der Waals surface area contributed by atoms with E-state index in [1.807, 2.05) is 55.5 Å². The topological polar surface area (TPSA) is 61.8 Å². The Bertz CT molecular complexity index is 871. The average Bonchev–Trinajstić information content (AvgIpc) is 2.62. The van der Waals surface area contributed by atoms with Crippen molar-refractivity contribution in [3.05, 3.63) is 59.7 Å². The maximum atomic E-state index is 12.7. The van der Waals surface area contributed by atoms with E-state index in [4.69, 9.17) is 0 Å². The van der Waals surface area contributed by atoms with Crippen molar-refractivity contribution in [2.24, 2.45) is 5.10 Å². The predicted molar refractivity (Wildman–Crippen MR) is 104 cm³/mol. The lowest BCUT2D eigenvalue weighted by Crippen LogP contribution is -2.36. The van der Waals surface area contributed by atoms with Gasteiger partial charge in [0.2, 0.25) is 5.91 Å². The number of carbonyl (C=O) groups is 2. The molecule has 0 aliphatic carbocycles. The summed E-state index contributed by atoms with van der Waals surface area (Å²) >= 11 is 0. The zero-order valence-electron chi connectivity index (χ0n) is 15.3. The molecule has 5 nitrogen and oxygen atoms in total. The molecule has 2 amide bonds. The second-order valence-corrected chi connectivity index (χ2v) is 6.79. The molecule has 1 heterocycles. The van der Waals surface area contributed by atoms with Crippen LogP contribution < -0.4 is 10.3 Å². The molecule has 3 rings (SSSR count). The molecule has 0 spiro atoms. The van der Waals surface area contributed by atoms with Gasteiger partial charge in [-0.2, -0.15) is 5.10 Å². The van der Waals surface area contributed by atoms with E-state index in [9.17, 15) is 9.59 Å². The van der Waals surface area contributed by atoms with Gasteiger partial charge >= 0.3 is 0 Å². The number of anilines is 2. The first-order valence-electron chi connectivity index (χ1n) is 8.83. The molecule has 1 N–H and O–H groups in total. The van der Waals surface area contributed by atoms with E-state index in [1.54, 1.807) is 0 Å². The van der Waals surface area contributed by atoms with Crippen molar-refractivity contribution >= 4 is 28.9 Å². The highest BCUT2D eigenvalue weighted by Crippen LogP contribution is 2.25. The maximum Gasteiger partial charge on any atom is 0.271 e. The lowest BCUT2D eigenvalue weighted by atomic mass is 10.0. The van der Waals surface area contributed by atoms with E-state index in [2.05, 4.69) is 24.3 Å². The lowest BCUT2D eigenvalue weighted by Gasteiger charge is -2.23. The molecule has 0 fully saturated rings. The predicted octanol–water partition coefficient (Wildman–Crippen LogP) is 4.24. The molecule has 1 aliphatic rings. The molecule has 0 saturated heterocycles. The zero-order chi connectivity index (χ0) is 18.7. The first-order chi connectivity index (χ1) is 12.5. The Labute approximate surface area is 153 Å². The number of benzene rings is 2. The Kier molecular flexibility index (Phi) is 5.16. The summed E-state index contributed by atoms with van der Waals surface area (Å²) < 4.78 is 0. The van der Waals surface area contributed by atoms with Crippen LogP contribution in [-0.4, -0.2) is 17.5 Å². The molecule has 2 aromatic carbocycles. The Hall–Kier alpha value is -2.95. The molecular weight excluding hydrogens is 326 g/mol. The van der Waals surface area contributed by atoms with Crippen LogP contribution in [-0.2, 0) is 9.59 Å². The average molecular weight is 349 g/mol. The number of amides is 2. The number of hydrazone groups is 1. The molecule has 134 valence electrons. The van der Waals surface area contributed by atoms with Gasteiger partial charge in [0.05, 0.1) is 5.69 Å². The molecule has 0 unspecified atom stereocenters. The van der Waals surface area contributed by atoms with Crippen LogP contribution >= 0.6 is 0 Å². The highest BCUT2D eigenvalue weighted by molar-refractivity contribution is 6.44. The first kappa shape index (κ1) is 17.9. The monoisotopic (exact) mass is 349 g/mol. The van der Waals surface area contributed by atoms with Crippen molar-refractivity contribution in [2.45, 2.75) is 39.5 Å². The molecule has 1 aliphatic heterocycles. The van der Waals surface area contributed by atoms with Crippen molar-refractivity contribution in [3.8, 4) is 0 Å². The number of nitrogens with one attached hydrogen (secondary N) is 1. The van der Waals surface area contributed by atoms with E-state index in [0.29, 0.717) is 23.7 Å². The molecule has 0 saturated carbocycles. The van der Waals surface area contributed by atoms with Crippen LogP contribution in [0.2, 0.25) is 0 Å². The number of hydrogen-bond acceptors (Lipinski definition) is 3. The standard InChI is InChI=1S/C21H23N3O2/c1-14(2)17-9-4-5-10-18(17)22-21(26)19-11-12-20(25)24(23-19)16-8-6-7-15(3)13-16/h4-10,13-14H,11-12H2,1-3H3,(H,22,26). The highest BCUT2D eigenvalue weighted by atomic mass is 16.2. The summed E-state index contributed by atoms with van der Waals surface area (Å²) in [6.07, 6.45) is 0.614. The Morgan fingerprint density at radius 1 is 1.12 bits per heavy atom. The van der Waals surface area contributed by atoms with Crippen molar-refractivity contribution in [1.82, 2.24) is 0 Å². The van der Waals surface area contributed by atoms with Gasteiger partial charge in [0, 0.05) is 18.5 Å². The summed E-state index contributed by atoms with van der Waals surface area (Å²) in [5.74, 6) is -0.0665. The molecular formula is C21H23N3O2. The van der Waals surface area contributed by atoms with Crippen molar-refractivity contribution < 1.29 is 9.59 Å². The van der Waals surface area contributed by atoms with E-state index in [1.165, 1.54) is 5.01 Å². The molecule has 0 radical (unpaired) electrons. The van der Waals surface area contributed by atoms with Crippen molar-refractivity contribution in [2.75, 3.05) is 10.3 Å². The van der Waals surface area contributed by atoms with Gasteiger partial charge < -0.3 is 5.32 Å². The normalized spacial score (nSPS) is 14.4. The number of hydrogen-bond donors (Lipinski definition) is 1. The first-order valence-corrected chi connectivity index (χ1v) is 8.83. The number of para-hydroxylation sites is 1. The zero-order valence-corrected chi connectivity index (χ0v) is 15.3. The third-order valence-electron chi connectivity index (χ3n) is 4.37. The number of aryl methyl sites for hydroxylation is 1. The van der Waals surface area contributed by atoms with Crippen LogP contribution in [0.3, 0.4) is 0 Å². The molecule has 2 aromatic rings. The number of nitrogens with zero attached hydrogens (tertiary/aromatic N) is 2. The molecule has 26 heavy (non-hydrogen) atoms. The number of rotatable bonds is 4. The van der Waals surface area contributed by atoms with Crippen molar-refractivity contribution in [1.29, 1.82) is 0 Å². The fraction of sp³-hybridized carbons (Fsp3) is 0.286. The number of carbonyl (C=O) groups excluding carboxylic acids is 2. The minimum absolute atomic E-state index is 0.102. The molecule has 0 atom stereocenters. The van der Waals surface area contributed by atoms with Gasteiger partial charge in [-0.1, -0.05) is 44.2 Å². The molecule has 0 bridgehead atoms. The third-order valence-corrected chi connectivity index (χ3v) is 4.37. The minimum atomic E-state index is -0.261. The fourth-order valence-electron chi connectivity index (χ4n) is 2.99. The SMILES string of the molecule is Cc1cccc(N2N=C(C(=O)Nc3ccccc3C(C)C)CCC2=O)c1. The van der Waals surface area contributed by atoms with E-state index in [-0.39, 0.29) is 18.2 Å². The summed E-state index contributed by atoms with van der Waals surface area (Å²) in [5.41, 5.74) is 3.94. The van der Waals surface area contributed by atoms with Crippen LogP contribution in [0.25, 0.3) is 0 Å². The summed E-state index contributed by atoms with van der Waals surface area (Å²) in [6, 6.07) is 15.3. The Balaban J connectivity index is 1.85. The van der Waals surface area contributed by atoms with Crippen LogP contribution in [0.15, 0.2) is 53.6 Å². The van der Waals surface area contributed by atoms with E-state index in [0.717, 1.165) is 16.8 Å². The van der Waals surface area contributed by atoms with Crippen LogP contribution in [0.4, 0.5) is 11.4 Å². The lowest BCUT2D eigenvalue weighted by molar-refractivity contribution is -0.118. The maximum absolute atomic E-state index is 12.7. The van der Waals surface area contributed by atoms with Crippen molar-refractivity contribution in [3.63, 3.8) is 0 Å². The van der Waals surface area contributed by atoms with Gasteiger partial charge in [0.1, 0.15) is 5.71 Å².